The molecule has 8 nitrogen and oxygen atoms in total. The van der Waals surface area contributed by atoms with Crippen molar-refractivity contribution in [2.75, 3.05) is 19.5 Å². The van der Waals surface area contributed by atoms with Crippen LogP contribution in [0.1, 0.15) is 0 Å². The third kappa shape index (κ3) is 4.18. The van der Waals surface area contributed by atoms with Gasteiger partial charge in [-0.2, -0.15) is 0 Å². The predicted octanol–water partition coefficient (Wildman–Crippen LogP) is 4.56. The Morgan fingerprint density at radius 3 is 2.74 bits per heavy atom. The van der Waals surface area contributed by atoms with Crippen LogP contribution in [0.3, 0.4) is 0 Å². The number of methoxy groups -OCH3 is 2. The topological polar surface area (TPSA) is 98.4 Å². The summed E-state index contributed by atoms with van der Waals surface area (Å²) in [5, 5.41) is 2.69. The highest BCUT2D eigenvalue weighted by molar-refractivity contribution is 5.99. The molecule has 2 N–H and O–H groups in total. The Labute approximate surface area is 178 Å². The summed E-state index contributed by atoms with van der Waals surface area (Å²) in [6.45, 7) is 3.45. The van der Waals surface area contributed by atoms with E-state index in [1.165, 1.54) is 12.3 Å². The second-order valence-corrected chi connectivity index (χ2v) is 6.50. The number of aromatic amines is 1. The second-order valence-electron chi connectivity index (χ2n) is 6.50. The number of nitrogens with one attached hydrogen (secondary N) is 2. The average Bonchev–Trinajstić information content (AvgIpc) is 3.22. The van der Waals surface area contributed by atoms with E-state index in [2.05, 4.69) is 26.8 Å². The molecule has 0 saturated carbocycles. The number of aromatic nitrogens is 3. The number of ether oxygens (including phenoxy) is 3. The Hall–Kier alpha value is -4.33. The summed E-state index contributed by atoms with van der Waals surface area (Å²) in [5.74, 6) is 1.79. The highest BCUT2D eigenvalue weighted by Gasteiger charge is 2.13. The quantitative estimate of drug-likeness (QED) is 0.429. The van der Waals surface area contributed by atoms with E-state index >= 15 is 0 Å². The molecular formula is C23H20N4O4. The molecule has 2 heterocycles. The summed E-state index contributed by atoms with van der Waals surface area (Å²) in [7, 11) is 3.18. The number of H-pyrrole nitrogens is 1. The lowest BCUT2D eigenvalue weighted by Gasteiger charge is -2.09. The van der Waals surface area contributed by atoms with Crippen LogP contribution in [0.15, 0.2) is 67.5 Å². The fourth-order valence-corrected chi connectivity index (χ4v) is 3.10. The third-order valence-corrected chi connectivity index (χ3v) is 4.56. The standard InChI is InChI=1S/C23H20N4O4/c1-4-20(28)26-15-6-5-7-16(11-15)31-21-13-25-23-22(27-21)17(12-24-23)14-8-9-18(29-2)19(10-14)30-3/h4-13H,1H2,2-3H3,(H,24,25)(H,26,28). The van der Waals surface area contributed by atoms with E-state index in [4.69, 9.17) is 14.2 Å². The molecule has 0 unspecified atom stereocenters. The van der Waals surface area contributed by atoms with Crippen molar-refractivity contribution in [3.8, 4) is 34.3 Å². The van der Waals surface area contributed by atoms with Gasteiger partial charge < -0.3 is 24.5 Å². The number of amides is 1. The zero-order chi connectivity index (χ0) is 21.8. The van der Waals surface area contributed by atoms with Crippen molar-refractivity contribution in [3.05, 3.63) is 67.5 Å². The molecule has 2 aromatic carbocycles. The zero-order valence-electron chi connectivity index (χ0n) is 17.0. The van der Waals surface area contributed by atoms with Gasteiger partial charge in [0.05, 0.1) is 20.4 Å². The van der Waals surface area contributed by atoms with Gasteiger partial charge in [0.2, 0.25) is 11.8 Å². The van der Waals surface area contributed by atoms with Gasteiger partial charge in [-0.3, -0.25) is 4.79 Å². The van der Waals surface area contributed by atoms with Gasteiger partial charge in [-0.1, -0.05) is 18.7 Å². The van der Waals surface area contributed by atoms with Gasteiger partial charge in [-0.05, 0) is 35.9 Å². The SMILES string of the molecule is C=CC(=O)Nc1cccc(Oc2cnc3[nH]cc(-c4ccc(OC)c(OC)c4)c3n2)c1. The van der Waals surface area contributed by atoms with Crippen molar-refractivity contribution in [3.63, 3.8) is 0 Å². The molecule has 0 atom stereocenters. The van der Waals surface area contributed by atoms with Crippen LogP contribution in [0.2, 0.25) is 0 Å². The van der Waals surface area contributed by atoms with E-state index < -0.39 is 0 Å². The number of carbonyl (C=O) groups excluding carboxylic acids is 1. The number of nitrogens with zero attached hydrogens (tertiary/aromatic N) is 2. The molecule has 1 amide bonds. The number of fused-ring (bicyclic) bond motifs is 1. The summed E-state index contributed by atoms with van der Waals surface area (Å²) in [5.41, 5.74) is 3.61. The summed E-state index contributed by atoms with van der Waals surface area (Å²) in [6.07, 6.45) is 4.57. The summed E-state index contributed by atoms with van der Waals surface area (Å²) < 4.78 is 16.6. The van der Waals surface area contributed by atoms with Gasteiger partial charge in [0, 0.05) is 23.5 Å². The lowest BCUT2D eigenvalue weighted by atomic mass is 10.1. The minimum absolute atomic E-state index is 0.301. The Morgan fingerprint density at radius 1 is 1.13 bits per heavy atom. The molecule has 0 bridgehead atoms. The van der Waals surface area contributed by atoms with E-state index in [-0.39, 0.29) is 5.91 Å². The van der Waals surface area contributed by atoms with Crippen LogP contribution >= 0.6 is 0 Å². The second kappa shape index (κ2) is 8.58. The smallest absolute Gasteiger partial charge is 0.247 e. The first-order valence-corrected chi connectivity index (χ1v) is 9.39. The Balaban J connectivity index is 1.66. The molecule has 0 aliphatic rings. The first-order valence-electron chi connectivity index (χ1n) is 9.39. The van der Waals surface area contributed by atoms with Crippen molar-refractivity contribution >= 4 is 22.8 Å². The normalized spacial score (nSPS) is 10.5. The average molecular weight is 416 g/mol. The van der Waals surface area contributed by atoms with Crippen LogP contribution in [0.5, 0.6) is 23.1 Å². The van der Waals surface area contributed by atoms with Crippen LogP contribution < -0.4 is 19.5 Å². The van der Waals surface area contributed by atoms with Gasteiger partial charge in [0.1, 0.15) is 11.3 Å². The Bertz CT molecular complexity index is 1270. The van der Waals surface area contributed by atoms with Crippen LogP contribution in [0, 0.1) is 0 Å². The number of benzene rings is 2. The molecule has 8 heteroatoms. The first kappa shape index (κ1) is 20.0. The van der Waals surface area contributed by atoms with Gasteiger partial charge in [-0.25, -0.2) is 9.97 Å². The van der Waals surface area contributed by atoms with Crippen molar-refractivity contribution < 1.29 is 19.0 Å². The maximum Gasteiger partial charge on any atom is 0.247 e. The van der Waals surface area contributed by atoms with Crippen molar-refractivity contribution in [2.24, 2.45) is 0 Å². The van der Waals surface area contributed by atoms with Gasteiger partial charge in [0.25, 0.3) is 0 Å². The Morgan fingerprint density at radius 2 is 1.97 bits per heavy atom. The van der Waals surface area contributed by atoms with E-state index in [0.717, 1.165) is 11.1 Å². The fourth-order valence-electron chi connectivity index (χ4n) is 3.10. The third-order valence-electron chi connectivity index (χ3n) is 4.56. The van der Waals surface area contributed by atoms with E-state index in [9.17, 15) is 4.79 Å². The molecule has 0 spiro atoms. The fraction of sp³-hybridized carbons (Fsp3) is 0.0870. The molecule has 31 heavy (non-hydrogen) atoms. The van der Waals surface area contributed by atoms with Crippen LogP contribution in [-0.4, -0.2) is 35.1 Å². The predicted molar refractivity (Wildman–Crippen MR) is 118 cm³/mol. The van der Waals surface area contributed by atoms with E-state index in [0.29, 0.717) is 40.0 Å². The molecule has 156 valence electrons. The molecule has 4 aromatic rings. The molecular weight excluding hydrogens is 396 g/mol. The lowest BCUT2D eigenvalue weighted by Crippen LogP contribution is -2.07. The van der Waals surface area contributed by atoms with Crippen LogP contribution in [0.25, 0.3) is 22.3 Å². The van der Waals surface area contributed by atoms with Gasteiger partial charge >= 0.3 is 0 Å². The molecule has 0 saturated heterocycles. The van der Waals surface area contributed by atoms with Gasteiger partial charge in [-0.15, -0.1) is 0 Å². The first-order chi connectivity index (χ1) is 15.1. The molecule has 4 rings (SSSR count). The number of anilines is 1. The number of hydrogen-bond acceptors (Lipinski definition) is 6. The molecule has 0 aliphatic heterocycles. The highest BCUT2D eigenvalue weighted by atomic mass is 16.5. The molecule has 2 aromatic heterocycles. The minimum atomic E-state index is -0.301. The number of carbonyl (C=O) groups is 1. The Kier molecular flexibility index (Phi) is 5.53. The van der Waals surface area contributed by atoms with Crippen molar-refractivity contribution in [2.45, 2.75) is 0 Å². The van der Waals surface area contributed by atoms with Crippen molar-refractivity contribution in [1.82, 2.24) is 15.0 Å². The molecule has 0 aliphatic carbocycles. The summed E-state index contributed by atoms with van der Waals surface area (Å²) >= 11 is 0. The van der Waals surface area contributed by atoms with Crippen molar-refractivity contribution in [1.29, 1.82) is 0 Å². The molecule has 0 radical (unpaired) electrons. The summed E-state index contributed by atoms with van der Waals surface area (Å²) in [4.78, 5) is 23.7. The maximum atomic E-state index is 11.5. The monoisotopic (exact) mass is 416 g/mol. The zero-order valence-corrected chi connectivity index (χ0v) is 17.0. The van der Waals surface area contributed by atoms with E-state index in [1.54, 1.807) is 38.5 Å². The number of rotatable bonds is 7. The van der Waals surface area contributed by atoms with Crippen LogP contribution in [-0.2, 0) is 4.79 Å². The van der Waals surface area contributed by atoms with Gasteiger partial charge in [0.15, 0.2) is 17.1 Å². The largest absolute Gasteiger partial charge is 0.493 e. The lowest BCUT2D eigenvalue weighted by molar-refractivity contribution is -0.111. The minimum Gasteiger partial charge on any atom is -0.493 e. The van der Waals surface area contributed by atoms with E-state index in [1.807, 2.05) is 24.4 Å². The van der Waals surface area contributed by atoms with Crippen LogP contribution in [0.4, 0.5) is 5.69 Å². The maximum absolute atomic E-state index is 11.5. The number of hydrogen-bond donors (Lipinski definition) is 2. The summed E-state index contributed by atoms with van der Waals surface area (Å²) in [6, 6.07) is 12.6. The molecule has 0 fully saturated rings. The highest BCUT2D eigenvalue weighted by Crippen LogP contribution is 2.35.